The largest absolute Gasteiger partial charge is 0.507 e. The van der Waals surface area contributed by atoms with Crippen molar-refractivity contribution in [3.63, 3.8) is 0 Å². The molecule has 0 aliphatic heterocycles. The average molecular weight is 598 g/mol. The molecule has 11 heteroatoms. The number of fused-ring (bicyclic) bond motifs is 1. The molecule has 0 saturated heterocycles. The van der Waals surface area contributed by atoms with Gasteiger partial charge < -0.3 is 38.1 Å². The van der Waals surface area contributed by atoms with E-state index in [9.17, 15) is 19.5 Å². The molecule has 3 aromatic rings. The standard InChI is InChI=1S/C32H39NO10/c1-33(16-7-9-18-42-32(37)28-21-24(35)30-23(34)11-10-12-25(30)43-28)15-6-5-8-17-41-29(36)14-13-22-19-26(38-2)31(40-4)27(20-22)39-3/h10-14,19-21,34H,5-9,15-18H2,1-4H3/b14-13+. The Bertz CT molecular complexity index is 1440. The summed E-state index contributed by atoms with van der Waals surface area (Å²) in [4.78, 5) is 38.8. The molecule has 0 unspecified atom stereocenters. The van der Waals surface area contributed by atoms with E-state index >= 15 is 0 Å². The van der Waals surface area contributed by atoms with Crippen molar-refractivity contribution in [3.8, 4) is 23.0 Å². The maximum Gasteiger partial charge on any atom is 0.374 e. The lowest BCUT2D eigenvalue weighted by molar-refractivity contribution is -0.137. The van der Waals surface area contributed by atoms with Gasteiger partial charge in [0.2, 0.25) is 11.5 Å². The van der Waals surface area contributed by atoms with Crippen molar-refractivity contribution < 1.29 is 42.8 Å². The lowest BCUT2D eigenvalue weighted by atomic mass is 10.1. The Morgan fingerprint density at radius 2 is 1.53 bits per heavy atom. The summed E-state index contributed by atoms with van der Waals surface area (Å²) in [7, 11) is 6.62. The Labute approximate surface area is 250 Å². The number of hydrogen-bond donors (Lipinski definition) is 1. The van der Waals surface area contributed by atoms with Gasteiger partial charge in [-0.1, -0.05) is 6.07 Å². The van der Waals surface area contributed by atoms with E-state index in [1.165, 1.54) is 45.6 Å². The predicted octanol–water partition coefficient (Wildman–Crippen LogP) is 4.82. The molecule has 0 saturated carbocycles. The fourth-order valence-electron chi connectivity index (χ4n) is 4.37. The summed E-state index contributed by atoms with van der Waals surface area (Å²) >= 11 is 0. The van der Waals surface area contributed by atoms with E-state index in [2.05, 4.69) is 4.90 Å². The Morgan fingerprint density at radius 3 is 2.21 bits per heavy atom. The van der Waals surface area contributed by atoms with Gasteiger partial charge in [-0.3, -0.25) is 4.79 Å². The van der Waals surface area contributed by atoms with Gasteiger partial charge in [0.1, 0.15) is 16.7 Å². The molecular weight excluding hydrogens is 558 g/mol. The minimum Gasteiger partial charge on any atom is -0.507 e. The van der Waals surface area contributed by atoms with Crippen molar-refractivity contribution in [1.82, 2.24) is 4.90 Å². The van der Waals surface area contributed by atoms with E-state index in [0.717, 1.165) is 44.8 Å². The van der Waals surface area contributed by atoms with Crippen molar-refractivity contribution in [2.24, 2.45) is 0 Å². The third-order valence-corrected chi connectivity index (χ3v) is 6.63. The third-order valence-electron chi connectivity index (χ3n) is 6.63. The first-order valence-electron chi connectivity index (χ1n) is 14.0. The number of unbranched alkanes of at least 4 members (excludes halogenated alkanes) is 3. The molecule has 0 aliphatic rings. The van der Waals surface area contributed by atoms with Gasteiger partial charge in [0.15, 0.2) is 16.9 Å². The average Bonchev–Trinajstić information content (AvgIpc) is 3.00. The van der Waals surface area contributed by atoms with Gasteiger partial charge in [-0.2, -0.15) is 0 Å². The molecule has 3 rings (SSSR count). The fraction of sp³-hybridized carbons (Fsp3) is 0.406. The number of hydrogen-bond acceptors (Lipinski definition) is 11. The summed E-state index contributed by atoms with van der Waals surface area (Å²) in [5, 5.41) is 9.85. The molecule has 11 nitrogen and oxygen atoms in total. The van der Waals surface area contributed by atoms with Crippen molar-refractivity contribution >= 4 is 29.0 Å². The highest BCUT2D eigenvalue weighted by Gasteiger charge is 2.16. The van der Waals surface area contributed by atoms with Gasteiger partial charge in [-0.05, 0) is 88.1 Å². The molecular formula is C32H39NO10. The molecule has 1 aromatic heterocycles. The minimum absolute atomic E-state index is 0.0318. The lowest BCUT2D eigenvalue weighted by Crippen LogP contribution is -2.21. The molecule has 0 radical (unpaired) electrons. The first-order valence-corrected chi connectivity index (χ1v) is 14.0. The maximum absolute atomic E-state index is 12.3. The minimum atomic E-state index is -0.715. The van der Waals surface area contributed by atoms with Crippen molar-refractivity contribution in [3.05, 3.63) is 64.0 Å². The number of nitrogens with zero attached hydrogens (tertiary/aromatic N) is 1. The van der Waals surface area contributed by atoms with E-state index < -0.39 is 17.4 Å². The van der Waals surface area contributed by atoms with Crippen LogP contribution >= 0.6 is 0 Å². The Balaban J connectivity index is 1.26. The van der Waals surface area contributed by atoms with Crippen molar-refractivity contribution in [2.45, 2.75) is 32.1 Å². The summed E-state index contributed by atoms with van der Waals surface area (Å²) in [6, 6.07) is 8.94. The number of aromatic hydroxyl groups is 1. The number of rotatable bonds is 17. The van der Waals surface area contributed by atoms with E-state index in [1.54, 1.807) is 18.2 Å². The fourth-order valence-corrected chi connectivity index (χ4v) is 4.37. The van der Waals surface area contributed by atoms with Crippen molar-refractivity contribution in [2.75, 3.05) is 54.7 Å². The molecule has 43 heavy (non-hydrogen) atoms. The van der Waals surface area contributed by atoms with Crippen LogP contribution in [0.4, 0.5) is 0 Å². The molecule has 2 aromatic carbocycles. The summed E-state index contributed by atoms with van der Waals surface area (Å²) < 4.78 is 31.9. The topological polar surface area (TPSA) is 134 Å². The zero-order valence-corrected chi connectivity index (χ0v) is 25.1. The van der Waals surface area contributed by atoms with E-state index in [4.69, 9.17) is 28.1 Å². The van der Waals surface area contributed by atoms with E-state index in [-0.39, 0.29) is 29.1 Å². The number of methoxy groups -OCH3 is 3. The summed E-state index contributed by atoms with van der Waals surface area (Å²) in [5.41, 5.74) is 0.340. The Kier molecular flexibility index (Phi) is 12.9. The second-order valence-electron chi connectivity index (χ2n) is 9.79. The summed E-state index contributed by atoms with van der Waals surface area (Å²) in [6.45, 7) is 2.27. The molecule has 0 bridgehead atoms. The quantitative estimate of drug-likeness (QED) is 0.130. The van der Waals surface area contributed by atoms with E-state index in [0.29, 0.717) is 35.8 Å². The molecule has 232 valence electrons. The van der Waals surface area contributed by atoms with Gasteiger partial charge in [0.05, 0.1) is 34.5 Å². The van der Waals surface area contributed by atoms with Gasteiger partial charge >= 0.3 is 11.9 Å². The van der Waals surface area contributed by atoms with Gasteiger partial charge in [-0.25, -0.2) is 9.59 Å². The number of carbonyl (C=O) groups is 2. The van der Waals surface area contributed by atoms with Crippen LogP contribution in [0.25, 0.3) is 17.0 Å². The molecule has 0 aliphatic carbocycles. The number of ether oxygens (including phenoxy) is 5. The lowest BCUT2D eigenvalue weighted by Gasteiger charge is -2.16. The zero-order chi connectivity index (χ0) is 31.2. The van der Waals surface area contributed by atoms with Crippen LogP contribution in [0.3, 0.4) is 0 Å². The number of carbonyl (C=O) groups excluding carboxylic acids is 2. The Hall–Kier alpha value is -4.51. The maximum atomic E-state index is 12.3. The first kappa shape index (κ1) is 33.0. The monoisotopic (exact) mass is 597 g/mol. The SMILES string of the molecule is COc1cc(/C=C/C(=O)OCCCCCN(C)CCCCOC(=O)c2cc(=O)c3c(O)cccc3o2)cc(OC)c1OC. The van der Waals surface area contributed by atoms with Crippen LogP contribution in [-0.2, 0) is 14.3 Å². The van der Waals surface area contributed by atoms with Crippen molar-refractivity contribution in [1.29, 1.82) is 0 Å². The Morgan fingerprint density at radius 1 is 0.884 bits per heavy atom. The molecule has 0 amide bonds. The second kappa shape index (κ2) is 16.8. The highest BCUT2D eigenvalue weighted by Crippen LogP contribution is 2.38. The van der Waals surface area contributed by atoms with Crippen LogP contribution < -0.4 is 19.6 Å². The molecule has 0 fully saturated rings. The number of benzene rings is 2. The molecule has 0 atom stereocenters. The zero-order valence-electron chi connectivity index (χ0n) is 25.1. The first-order chi connectivity index (χ1) is 20.8. The molecule has 1 N–H and O–H groups in total. The van der Waals surface area contributed by atoms with E-state index in [1.807, 2.05) is 7.05 Å². The number of esters is 2. The van der Waals surface area contributed by atoms with Crippen LogP contribution in [-0.4, -0.2) is 76.6 Å². The highest BCUT2D eigenvalue weighted by molar-refractivity contribution is 5.90. The normalized spacial score (nSPS) is 11.2. The van der Waals surface area contributed by atoms with Gasteiger partial charge in [-0.15, -0.1) is 0 Å². The summed E-state index contributed by atoms with van der Waals surface area (Å²) in [5.74, 6) is -0.0484. The number of phenolic OH excluding ortho intramolecular Hbond substituents is 1. The summed E-state index contributed by atoms with van der Waals surface area (Å²) in [6.07, 6.45) is 7.13. The van der Waals surface area contributed by atoms with Gasteiger partial charge in [0, 0.05) is 12.1 Å². The smallest absolute Gasteiger partial charge is 0.374 e. The number of phenols is 1. The van der Waals surface area contributed by atoms with Crippen LogP contribution in [0.15, 0.2) is 51.7 Å². The third kappa shape index (κ3) is 9.78. The molecule has 1 heterocycles. The molecule has 0 spiro atoms. The van der Waals surface area contributed by atoms with Crippen LogP contribution in [0.5, 0.6) is 23.0 Å². The van der Waals surface area contributed by atoms with Crippen LogP contribution in [0, 0.1) is 0 Å². The predicted molar refractivity (Wildman–Crippen MR) is 161 cm³/mol. The van der Waals surface area contributed by atoms with Crippen LogP contribution in [0.2, 0.25) is 0 Å². The van der Waals surface area contributed by atoms with Gasteiger partial charge in [0.25, 0.3) is 0 Å². The second-order valence-corrected chi connectivity index (χ2v) is 9.79. The highest BCUT2D eigenvalue weighted by atomic mass is 16.5. The van der Waals surface area contributed by atoms with Crippen LogP contribution in [0.1, 0.15) is 48.2 Å².